The van der Waals surface area contributed by atoms with Gasteiger partial charge in [0.15, 0.2) is 5.16 Å². The minimum absolute atomic E-state index is 0.122. The lowest BCUT2D eigenvalue weighted by Crippen LogP contribution is -2.03. The van der Waals surface area contributed by atoms with Crippen LogP contribution in [0.5, 0.6) is 5.88 Å². The van der Waals surface area contributed by atoms with Crippen molar-refractivity contribution < 1.29 is 5.11 Å². The summed E-state index contributed by atoms with van der Waals surface area (Å²) >= 11 is 3.28. The summed E-state index contributed by atoms with van der Waals surface area (Å²) in [6, 6.07) is 10.2. The molecule has 0 bridgehead atoms. The number of rotatable bonds is 6. The maximum absolute atomic E-state index is 10.1. The Labute approximate surface area is 128 Å². The Morgan fingerprint density at radius 2 is 1.90 bits per heavy atom. The zero-order valence-corrected chi connectivity index (χ0v) is 13.3. The average Bonchev–Trinajstić information content (AvgIpc) is 2.46. The standard InChI is InChI=1S/C15H18N2OS2/c1-3-12-13(9-11-7-5-4-6-8-11)16-15(17-14(12)18)20-10-19-2/h4-8H,3,9-10H2,1-2H3,(H,16,17,18). The van der Waals surface area contributed by atoms with Crippen LogP contribution in [0.25, 0.3) is 0 Å². The molecule has 0 aliphatic heterocycles. The summed E-state index contributed by atoms with van der Waals surface area (Å²) in [5.41, 5.74) is 2.97. The zero-order valence-electron chi connectivity index (χ0n) is 11.7. The second kappa shape index (κ2) is 7.55. The summed E-state index contributed by atoms with van der Waals surface area (Å²) in [6.07, 6.45) is 3.51. The fourth-order valence-electron chi connectivity index (χ4n) is 1.97. The number of hydrogen-bond acceptors (Lipinski definition) is 5. The van der Waals surface area contributed by atoms with Gasteiger partial charge in [-0.3, -0.25) is 0 Å². The fraction of sp³-hybridized carbons (Fsp3) is 0.333. The van der Waals surface area contributed by atoms with Gasteiger partial charge in [0, 0.05) is 17.1 Å². The topological polar surface area (TPSA) is 46.0 Å². The molecular formula is C15H18N2OS2. The highest BCUT2D eigenvalue weighted by atomic mass is 32.2. The molecular weight excluding hydrogens is 288 g/mol. The number of thioether (sulfide) groups is 2. The highest BCUT2D eigenvalue weighted by Gasteiger charge is 2.13. The predicted octanol–water partition coefficient (Wildman–Crippen LogP) is 3.75. The van der Waals surface area contributed by atoms with Gasteiger partial charge in [0.2, 0.25) is 5.88 Å². The Balaban J connectivity index is 2.31. The van der Waals surface area contributed by atoms with E-state index < -0.39 is 0 Å². The van der Waals surface area contributed by atoms with Crippen LogP contribution in [0.4, 0.5) is 0 Å². The summed E-state index contributed by atoms with van der Waals surface area (Å²) in [5, 5.41) is 11.6. The lowest BCUT2D eigenvalue weighted by atomic mass is 10.0. The number of hydrogen-bond donors (Lipinski definition) is 1. The summed E-state index contributed by atoms with van der Waals surface area (Å²) < 4.78 is 0. The largest absolute Gasteiger partial charge is 0.493 e. The van der Waals surface area contributed by atoms with Gasteiger partial charge in [0.05, 0.1) is 5.69 Å². The van der Waals surface area contributed by atoms with Gasteiger partial charge in [-0.25, -0.2) is 4.98 Å². The predicted molar refractivity (Wildman–Crippen MR) is 86.6 cm³/mol. The molecule has 20 heavy (non-hydrogen) atoms. The normalized spacial score (nSPS) is 10.7. The van der Waals surface area contributed by atoms with Crippen LogP contribution in [-0.4, -0.2) is 26.4 Å². The van der Waals surface area contributed by atoms with Gasteiger partial charge in [0.25, 0.3) is 0 Å². The number of benzene rings is 1. The highest BCUT2D eigenvalue weighted by Crippen LogP contribution is 2.26. The van der Waals surface area contributed by atoms with Crippen molar-refractivity contribution in [2.45, 2.75) is 24.9 Å². The van der Waals surface area contributed by atoms with Gasteiger partial charge in [-0.15, -0.1) is 0 Å². The zero-order chi connectivity index (χ0) is 14.4. The first-order chi connectivity index (χ1) is 9.74. The molecule has 0 radical (unpaired) electrons. The van der Waals surface area contributed by atoms with Crippen molar-refractivity contribution in [3.05, 3.63) is 47.2 Å². The molecule has 1 aromatic heterocycles. The molecule has 1 N–H and O–H groups in total. The van der Waals surface area contributed by atoms with Crippen LogP contribution in [0.15, 0.2) is 35.5 Å². The lowest BCUT2D eigenvalue weighted by Gasteiger charge is -2.10. The van der Waals surface area contributed by atoms with Gasteiger partial charge in [0.1, 0.15) is 0 Å². The van der Waals surface area contributed by atoms with Crippen LogP contribution in [0, 0.1) is 0 Å². The highest BCUT2D eigenvalue weighted by molar-refractivity contribution is 8.15. The van der Waals surface area contributed by atoms with Crippen molar-refractivity contribution >= 4 is 23.5 Å². The molecule has 0 atom stereocenters. The lowest BCUT2D eigenvalue weighted by molar-refractivity contribution is 0.436. The van der Waals surface area contributed by atoms with Crippen LogP contribution < -0.4 is 0 Å². The molecule has 0 saturated heterocycles. The minimum Gasteiger partial charge on any atom is -0.493 e. The van der Waals surface area contributed by atoms with Crippen LogP contribution >= 0.6 is 23.5 Å². The average molecular weight is 306 g/mol. The van der Waals surface area contributed by atoms with Gasteiger partial charge in [-0.2, -0.15) is 16.7 Å². The first kappa shape index (κ1) is 15.2. The second-order valence-electron chi connectivity index (χ2n) is 4.32. The van der Waals surface area contributed by atoms with Crippen molar-refractivity contribution in [3.8, 4) is 5.88 Å². The Morgan fingerprint density at radius 3 is 2.55 bits per heavy atom. The molecule has 0 aliphatic carbocycles. The molecule has 0 unspecified atom stereocenters. The van der Waals surface area contributed by atoms with E-state index in [9.17, 15) is 5.11 Å². The number of nitrogens with zero attached hydrogens (tertiary/aromatic N) is 2. The van der Waals surface area contributed by atoms with Crippen molar-refractivity contribution in [1.29, 1.82) is 0 Å². The van der Waals surface area contributed by atoms with E-state index in [4.69, 9.17) is 0 Å². The van der Waals surface area contributed by atoms with E-state index >= 15 is 0 Å². The van der Waals surface area contributed by atoms with Crippen molar-refractivity contribution in [2.75, 3.05) is 11.3 Å². The Hall–Kier alpha value is -1.20. The van der Waals surface area contributed by atoms with E-state index in [-0.39, 0.29) is 5.88 Å². The molecule has 5 heteroatoms. The smallest absolute Gasteiger partial charge is 0.218 e. The summed E-state index contributed by atoms with van der Waals surface area (Å²) in [4.78, 5) is 8.79. The van der Waals surface area contributed by atoms with E-state index in [0.717, 1.165) is 29.2 Å². The first-order valence-corrected chi connectivity index (χ1v) is 8.87. The molecule has 3 nitrogen and oxygen atoms in total. The molecule has 0 fully saturated rings. The third-order valence-electron chi connectivity index (χ3n) is 2.92. The van der Waals surface area contributed by atoms with E-state index in [0.29, 0.717) is 5.16 Å². The van der Waals surface area contributed by atoms with Crippen LogP contribution in [0.3, 0.4) is 0 Å². The maximum atomic E-state index is 10.1. The Bertz CT molecular complexity index is 561. The van der Waals surface area contributed by atoms with Gasteiger partial charge in [-0.1, -0.05) is 49.0 Å². The van der Waals surface area contributed by atoms with Crippen LogP contribution in [-0.2, 0) is 12.8 Å². The van der Waals surface area contributed by atoms with Crippen molar-refractivity contribution in [3.63, 3.8) is 0 Å². The fourth-order valence-corrected chi connectivity index (χ4v) is 3.19. The van der Waals surface area contributed by atoms with E-state index in [2.05, 4.69) is 22.1 Å². The van der Waals surface area contributed by atoms with Crippen molar-refractivity contribution in [2.24, 2.45) is 0 Å². The van der Waals surface area contributed by atoms with Crippen molar-refractivity contribution in [1.82, 2.24) is 9.97 Å². The van der Waals surface area contributed by atoms with Crippen LogP contribution in [0.2, 0.25) is 0 Å². The first-order valence-electron chi connectivity index (χ1n) is 6.49. The van der Waals surface area contributed by atoms with E-state index in [1.807, 2.05) is 31.4 Å². The summed E-state index contributed by atoms with van der Waals surface area (Å²) in [7, 11) is 0. The quantitative estimate of drug-likeness (QED) is 0.500. The van der Waals surface area contributed by atoms with Crippen LogP contribution in [0.1, 0.15) is 23.7 Å². The Morgan fingerprint density at radius 1 is 1.15 bits per heavy atom. The molecule has 0 amide bonds. The summed E-state index contributed by atoms with van der Waals surface area (Å²) in [5.74, 6) is 0.122. The second-order valence-corrected chi connectivity index (χ2v) is 6.50. The number of aromatic nitrogens is 2. The van der Waals surface area contributed by atoms with Gasteiger partial charge < -0.3 is 5.11 Å². The van der Waals surface area contributed by atoms with Gasteiger partial charge >= 0.3 is 0 Å². The maximum Gasteiger partial charge on any atom is 0.218 e. The minimum atomic E-state index is 0.122. The monoisotopic (exact) mass is 306 g/mol. The third-order valence-corrected chi connectivity index (χ3v) is 4.78. The third kappa shape index (κ3) is 3.90. The molecule has 2 aromatic rings. The van der Waals surface area contributed by atoms with E-state index in [1.165, 1.54) is 5.56 Å². The number of aromatic hydroxyl groups is 1. The molecule has 0 saturated carbocycles. The summed E-state index contributed by atoms with van der Waals surface area (Å²) in [6.45, 7) is 2.02. The molecule has 106 valence electrons. The Kier molecular flexibility index (Phi) is 5.73. The van der Waals surface area contributed by atoms with Gasteiger partial charge in [-0.05, 0) is 18.2 Å². The SMILES string of the molecule is CCc1c(O)nc(SCSC)nc1Cc1ccccc1. The molecule has 2 rings (SSSR count). The van der Waals surface area contributed by atoms with E-state index in [1.54, 1.807) is 23.5 Å². The molecule has 1 aromatic carbocycles. The molecule has 1 heterocycles. The molecule has 0 spiro atoms. The molecule has 0 aliphatic rings.